The molecule has 0 unspecified atom stereocenters. The van der Waals surface area contributed by atoms with Crippen LogP contribution in [0.5, 0.6) is 0 Å². The molecule has 1 aromatic rings. The van der Waals surface area contributed by atoms with E-state index in [1.807, 2.05) is 26.0 Å². The van der Waals surface area contributed by atoms with Crippen molar-refractivity contribution in [2.24, 2.45) is 0 Å². The molecular weight excluding hydrogens is 244 g/mol. The zero-order valence-electron chi connectivity index (χ0n) is 11.9. The minimum Gasteiger partial charge on any atom is -0.460 e. The Morgan fingerprint density at radius 2 is 1.84 bits per heavy atom. The summed E-state index contributed by atoms with van der Waals surface area (Å²) in [5, 5.41) is 0. The standard InChI is InChI=1S/C15H20O4/c1-5-19-14(17)13(16)11-8-6-7-9-12(11)15(2,3)10-18-4/h6-9H,5,10H2,1-4H3. The molecule has 0 radical (unpaired) electrons. The predicted molar refractivity (Wildman–Crippen MR) is 72.3 cm³/mol. The van der Waals surface area contributed by atoms with Crippen molar-refractivity contribution < 1.29 is 19.1 Å². The molecule has 0 bridgehead atoms. The van der Waals surface area contributed by atoms with Crippen molar-refractivity contribution in [2.75, 3.05) is 20.3 Å². The number of ether oxygens (including phenoxy) is 2. The van der Waals surface area contributed by atoms with Gasteiger partial charge in [0.15, 0.2) is 0 Å². The first-order chi connectivity index (χ1) is 8.94. The van der Waals surface area contributed by atoms with Gasteiger partial charge in [-0.3, -0.25) is 4.79 Å². The van der Waals surface area contributed by atoms with Gasteiger partial charge >= 0.3 is 5.97 Å². The number of hydrogen-bond donors (Lipinski definition) is 0. The first-order valence-corrected chi connectivity index (χ1v) is 6.24. The van der Waals surface area contributed by atoms with Gasteiger partial charge in [0.1, 0.15) is 0 Å². The van der Waals surface area contributed by atoms with Gasteiger partial charge in [-0.25, -0.2) is 4.79 Å². The Hall–Kier alpha value is -1.68. The van der Waals surface area contributed by atoms with Gasteiger partial charge in [-0.2, -0.15) is 0 Å². The molecule has 1 rings (SSSR count). The lowest BCUT2D eigenvalue weighted by atomic mass is 9.81. The van der Waals surface area contributed by atoms with Gasteiger partial charge in [0.2, 0.25) is 0 Å². The van der Waals surface area contributed by atoms with Gasteiger partial charge in [0.25, 0.3) is 5.78 Å². The highest BCUT2D eigenvalue weighted by atomic mass is 16.5. The summed E-state index contributed by atoms with van der Waals surface area (Å²) in [6.45, 7) is 6.25. The van der Waals surface area contributed by atoms with E-state index in [1.54, 1.807) is 26.2 Å². The van der Waals surface area contributed by atoms with Gasteiger partial charge in [-0.15, -0.1) is 0 Å². The molecule has 0 spiro atoms. The van der Waals surface area contributed by atoms with Gasteiger partial charge < -0.3 is 9.47 Å². The molecular formula is C15H20O4. The number of ketones is 1. The summed E-state index contributed by atoms with van der Waals surface area (Å²) in [6, 6.07) is 7.06. The van der Waals surface area contributed by atoms with Crippen LogP contribution in [0, 0.1) is 0 Å². The van der Waals surface area contributed by atoms with Crippen molar-refractivity contribution in [3.05, 3.63) is 35.4 Å². The molecule has 0 saturated heterocycles. The third-order valence-corrected chi connectivity index (χ3v) is 2.87. The van der Waals surface area contributed by atoms with Gasteiger partial charge in [0.05, 0.1) is 13.2 Å². The van der Waals surface area contributed by atoms with Crippen LogP contribution in [0.15, 0.2) is 24.3 Å². The zero-order valence-corrected chi connectivity index (χ0v) is 11.9. The zero-order chi connectivity index (χ0) is 14.5. The maximum Gasteiger partial charge on any atom is 0.379 e. The van der Waals surface area contributed by atoms with E-state index in [9.17, 15) is 9.59 Å². The van der Waals surface area contributed by atoms with Crippen LogP contribution in [0.3, 0.4) is 0 Å². The molecule has 0 fully saturated rings. The fourth-order valence-electron chi connectivity index (χ4n) is 2.02. The predicted octanol–water partition coefficient (Wildman–Crippen LogP) is 2.36. The summed E-state index contributed by atoms with van der Waals surface area (Å²) in [5.41, 5.74) is 0.811. The van der Waals surface area contributed by atoms with E-state index in [1.165, 1.54) is 0 Å². The van der Waals surface area contributed by atoms with E-state index < -0.39 is 11.8 Å². The van der Waals surface area contributed by atoms with Crippen molar-refractivity contribution in [1.29, 1.82) is 0 Å². The Balaban J connectivity index is 3.16. The highest BCUT2D eigenvalue weighted by Gasteiger charge is 2.28. The molecule has 0 aliphatic rings. The molecule has 4 heteroatoms. The third-order valence-electron chi connectivity index (χ3n) is 2.87. The largest absolute Gasteiger partial charge is 0.460 e. The van der Waals surface area contributed by atoms with E-state index in [0.717, 1.165) is 5.56 Å². The van der Waals surface area contributed by atoms with E-state index >= 15 is 0 Å². The molecule has 0 N–H and O–H groups in total. The van der Waals surface area contributed by atoms with Crippen LogP contribution in [0.1, 0.15) is 36.7 Å². The lowest BCUT2D eigenvalue weighted by Crippen LogP contribution is -2.28. The highest BCUT2D eigenvalue weighted by Crippen LogP contribution is 2.27. The molecule has 0 saturated carbocycles. The molecule has 0 atom stereocenters. The van der Waals surface area contributed by atoms with Crippen LogP contribution in [-0.4, -0.2) is 32.1 Å². The molecule has 0 aliphatic heterocycles. The van der Waals surface area contributed by atoms with Crippen LogP contribution in [-0.2, 0) is 19.7 Å². The number of hydrogen-bond acceptors (Lipinski definition) is 4. The lowest BCUT2D eigenvalue weighted by Gasteiger charge is -2.26. The smallest absolute Gasteiger partial charge is 0.379 e. The van der Waals surface area contributed by atoms with Crippen LogP contribution in [0.4, 0.5) is 0 Å². The first kappa shape index (κ1) is 15.4. The normalized spacial score (nSPS) is 11.2. The summed E-state index contributed by atoms with van der Waals surface area (Å²) in [5.74, 6) is -1.43. The van der Waals surface area contributed by atoms with Crippen LogP contribution in [0.2, 0.25) is 0 Å². The molecule has 1 aromatic carbocycles. The Morgan fingerprint density at radius 1 is 1.21 bits per heavy atom. The van der Waals surface area contributed by atoms with Crippen LogP contribution in [0.25, 0.3) is 0 Å². The third kappa shape index (κ3) is 3.64. The second kappa shape index (κ2) is 6.48. The molecule has 0 amide bonds. The Bertz CT molecular complexity index is 463. The minimum atomic E-state index is -0.817. The number of carbonyl (C=O) groups excluding carboxylic acids is 2. The molecule has 104 valence electrons. The fraction of sp³-hybridized carbons (Fsp3) is 0.467. The first-order valence-electron chi connectivity index (χ1n) is 6.24. The molecule has 0 aliphatic carbocycles. The number of benzene rings is 1. The number of Topliss-reactive ketones (excluding diaryl/α,β-unsaturated/α-hetero) is 1. The Kier molecular flexibility index (Phi) is 5.24. The van der Waals surface area contributed by atoms with Crippen LogP contribution < -0.4 is 0 Å². The maximum absolute atomic E-state index is 12.1. The van der Waals surface area contributed by atoms with Gasteiger partial charge in [0, 0.05) is 18.1 Å². The Morgan fingerprint density at radius 3 is 2.42 bits per heavy atom. The quantitative estimate of drug-likeness (QED) is 0.449. The monoisotopic (exact) mass is 264 g/mol. The van der Waals surface area contributed by atoms with E-state index in [4.69, 9.17) is 9.47 Å². The summed E-state index contributed by atoms with van der Waals surface area (Å²) in [4.78, 5) is 23.7. The molecule has 0 heterocycles. The summed E-state index contributed by atoms with van der Waals surface area (Å²) >= 11 is 0. The summed E-state index contributed by atoms with van der Waals surface area (Å²) in [7, 11) is 1.61. The van der Waals surface area contributed by atoms with Gasteiger partial charge in [-0.05, 0) is 12.5 Å². The average Bonchev–Trinajstić information content (AvgIpc) is 2.38. The molecule has 4 nitrogen and oxygen atoms in total. The van der Waals surface area contributed by atoms with E-state index in [0.29, 0.717) is 12.2 Å². The Labute approximate surface area is 113 Å². The van der Waals surface area contributed by atoms with Crippen LogP contribution >= 0.6 is 0 Å². The van der Waals surface area contributed by atoms with Crippen molar-refractivity contribution >= 4 is 11.8 Å². The second-order valence-corrected chi connectivity index (χ2v) is 4.91. The van der Waals surface area contributed by atoms with Gasteiger partial charge in [-0.1, -0.05) is 38.1 Å². The van der Waals surface area contributed by atoms with E-state index in [-0.39, 0.29) is 12.0 Å². The molecule has 19 heavy (non-hydrogen) atoms. The minimum absolute atomic E-state index is 0.189. The number of esters is 1. The molecule has 0 aromatic heterocycles. The SMILES string of the molecule is CCOC(=O)C(=O)c1ccccc1C(C)(C)COC. The second-order valence-electron chi connectivity index (χ2n) is 4.91. The topological polar surface area (TPSA) is 52.6 Å². The highest BCUT2D eigenvalue weighted by molar-refractivity contribution is 6.41. The number of methoxy groups -OCH3 is 1. The van der Waals surface area contributed by atoms with Crippen molar-refractivity contribution in [2.45, 2.75) is 26.2 Å². The summed E-state index contributed by atoms with van der Waals surface area (Å²) in [6.07, 6.45) is 0. The van der Waals surface area contributed by atoms with Crippen molar-refractivity contribution in [3.8, 4) is 0 Å². The number of carbonyl (C=O) groups is 2. The van der Waals surface area contributed by atoms with E-state index in [2.05, 4.69) is 0 Å². The average molecular weight is 264 g/mol. The lowest BCUT2D eigenvalue weighted by molar-refractivity contribution is -0.137. The fourth-order valence-corrected chi connectivity index (χ4v) is 2.02. The maximum atomic E-state index is 12.1. The van der Waals surface area contributed by atoms with Crippen molar-refractivity contribution in [3.63, 3.8) is 0 Å². The summed E-state index contributed by atoms with van der Waals surface area (Å²) < 4.78 is 9.94. The van der Waals surface area contributed by atoms with Crippen molar-refractivity contribution in [1.82, 2.24) is 0 Å². The number of rotatable bonds is 6.